The minimum atomic E-state index is -0.137. The van der Waals surface area contributed by atoms with Crippen LogP contribution in [-0.2, 0) is 11.2 Å². The molecule has 2 rings (SSSR count). The van der Waals surface area contributed by atoms with E-state index in [2.05, 4.69) is 36.4 Å². The Kier molecular flexibility index (Phi) is 6.85. The van der Waals surface area contributed by atoms with Crippen LogP contribution in [0.5, 0.6) is 0 Å². The monoisotopic (exact) mass is 320 g/mol. The number of hydrogen-bond donors (Lipinski definition) is 1. The Morgan fingerprint density at radius 2 is 1.77 bits per heavy atom. The summed E-state index contributed by atoms with van der Waals surface area (Å²) in [5.74, 6) is -0.0206. The van der Waals surface area contributed by atoms with Gasteiger partial charge in [0.15, 0.2) is 0 Å². The van der Waals surface area contributed by atoms with Gasteiger partial charge in [0.1, 0.15) is 0 Å². The van der Waals surface area contributed by atoms with E-state index in [1.807, 2.05) is 27.0 Å². The van der Waals surface area contributed by atoms with E-state index in [1.54, 1.807) is 4.90 Å². The third-order valence-corrected chi connectivity index (χ3v) is 4.15. The summed E-state index contributed by atoms with van der Waals surface area (Å²) in [5.41, 5.74) is 7.09. The van der Waals surface area contributed by atoms with Gasteiger partial charge >= 0.3 is 0 Å². The predicted octanol–water partition coefficient (Wildman–Crippen LogP) is 3.25. The number of carbonyl (C=O) groups is 1. The van der Waals surface area contributed by atoms with Gasteiger partial charge in [-0.15, -0.1) is 12.4 Å². The Morgan fingerprint density at radius 1 is 1.14 bits per heavy atom. The summed E-state index contributed by atoms with van der Waals surface area (Å²) in [7, 11) is 1.85. The quantitative estimate of drug-likeness (QED) is 0.919. The van der Waals surface area contributed by atoms with Crippen LogP contribution in [0.15, 0.2) is 42.5 Å². The van der Waals surface area contributed by atoms with Crippen LogP contribution in [0.25, 0.3) is 10.8 Å². The summed E-state index contributed by atoms with van der Waals surface area (Å²) < 4.78 is 0. The number of hydrogen-bond acceptors (Lipinski definition) is 2. The molecule has 22 heavy (non-hydrogen) atoms. The molecule has 2 unspecified atom stereocenters. The number of carbonyl (C=O) groups excluding carboxylic acids is 1. The molecule has 0 aliphatic carbocycles. The van der Waals surface area contributed by atoms with Crippen molar-refractivity contribution in [3.8, 4) is 0 Å². The van der Waals surface area contributed by atoms with E-state index in [4.69, 9.17) is 5.73 Å². The van der Waals surface area contributed by atoms with E-state index in [9.17, 15) is 4.79 Å². The van der Waals surface area contributed by atoms with Crippen LogP contribution < -0.4 is 5.73 Å². The number of nitrogens with zero attached hydrogens (tertiary/aromatic N) is 1. The van der Waals surface area contributed by atoms with Gasteiger partial charge in [0.2, 0.25) is 5.91 Å². The average molecular weight is 321 g/mol. The van der Waals surface area contributed by atoms with Gasteiger partial charge in [-0.3, -0.25) is 4.79 Å². The van der Waals surface area contributed by atoms with E-state index in [1.165, 1.54) is 16.3 Å². The highest BCUT2D eigenvalue weighted by Crippen LogP contribution is 2.19. The first kappa shape index (κ1) is 18.5. The molecular weight excluding hydrogens is 296 g/mol. The summed E-state index contributed by atoms with van der Waals surface area (Å²) in [6.07, 6.45) is 0.856. The standard InChI is InChI=1S/C18H24N2O.ClH/c1-13(14(2)19)18(21)20(3)12-11-16-9-6-8-15-7-4-5-10-17(15)16;/h4-10,13-14H,11-12,19H2,1-3H3;1H. The molecule has 0 radical (unpaired) electrons. The van der Waals surface area contributed by atoms with Gasteiger partial charge in [0, 0.05) is 19.6 Å². The fourth-order valence-electron chi connectivity index (χ4n) is 2.48. The highest BCUT2D eigenvalue weighted by Gasteiger charge is 2.20. The first-order valence-corrected chi connectivity index (χ1v) is 7.48. The summed E-state index contributed by atoms with van der Waals surface area (Å²) in [5, 5.41) is 2.51. The van der Waals surface area contributed by atoms with Crippen molar-refractivity contribution in [1.82, 2.24) is 4.90 Å². The Morgan fingerprint density at radius 3 is 2.45 bits per heavy atom. The van der Waals surface area contributed by atoms with Crippen molar-refractivity contribution in [2.45, 2.75) is 26.3 Å². The van der Waals surface area contributed by atoms with Crippen LogP contribution in [0.4, 0.5) is 0 Å². The number of amides is 1. The first-order chi connectivity index (χ1) is 10.0. The summed E-state index contributed by atoms with van der Waals surface area (Å²) in [4.78, 5) is 14.0. The van der Waals surface area contributed by atoms with Gasteiger partial charge in [-0.05, 0) is 29.7 Å². The lowest BCUT2D eigenvalue weighted by Crippen LogP contribution is -2.40. The molecule has 120 valence electrons. The summed E-state index contributed by atoms with van der Waals surface area (Å²) >= 11 is 0. The second kappa shape index (κ2) is 8.16. The molecule has 0 bridgehead atoms. The highest BCUT2D eigenvalue weighted by molar-refractivity contribution is 5.86. The molecule has 0 spiro atoms. The van der Waals surface area contributed by atoms with Gasteiger partial charge in [0.25, 0.3) is 0 Å². The zero-order valence-electron chi connectivity index (χ0n) is 13.5. The van der Waals surface area contributed by atoms with Crippen LogP contribution >= 0.6 is 12.4 Å². The van der Waals surface area contributed by atoms with Gasteiger partial charge in [0.05, 0.1) is 5.92 Å². The number of halogens is 1. The van der Waals surface area contributed by atoms with Crippen LogP contribution in [0.2, 0.25) is 0 Å². The van der Waals surface area contributed by atoms with Crippen LogP contribution in [-0.4, -0.2) is 30.4 Å². The molecule has 0 saturated carbocycles. The third kappa shape index (κ3) is 4.21. The van der Waals surface area contributed by atoms with Crippen molar-refractivity contribution in [1.29, 1.82) is 0 Å². The fourth-order valence-corrected chi connectivity index (χ4v) is 2.48. The molecule has 0 saturated heterocycles. The molecule has 4 heteroatoms. The molecule has 1 amide bonds. The van der Waals surface area contributed by atoms with Crippen molar-refractivity contribution in [2.75, 3.05) is 13.6 Å². The van der Waals surface area contributed by atoms with E-state index >= 15 is 0 Å². The predicted molar refractivity (Wildman–Crippen MR) is 95.4 cm³/mol. The minimum absolute atomic E-state index is 0. The molecule has 2 atom stereocenters. The molecule has 2 aromatic carbocycles. The van der Waals surface area contributed by atoms with E-state index < -0.39 is 0 Å². The maximum Gasteiger partial charge on any atom is 0.226 e. The van der Waals surface area contributed by atoms with Crippen LogP contribution in [0.3, 0.4) is 0 Å². The van der Waals surface area contributed by atoms with E-state index in [-0.39, 0.29) is 30.3 Å². The SMILES string of the molecule is CC(N)C(C)C(=O)N(C)CCc1cccc2ccccc12.Cl. The zero-order chi connectivity index (χ0) is 15.4. The molecular formula is C18H25ClN2O. The lowest BCUT2D eigenvalue weighted by atomic mass is 10.0. The van der Waals surface area contributed by atoms with Crippen molar-refractivity contribution in [2.24, 2.45) is 11.7 Å². The molecule has 0 heterocycles. The van der Waals surface area contributed by atoms with Crippen molar-refractivity contribution in [3.05, 3.63) is 48.0 Å². The lowest BCUT2D eigenvalue weighted by molar-refractivity contribution is -0.134. The Labute approximate surface area is 138 Å². The molecule has 2 N–H and O–H groups in total. The topological polar surface area (TPSA) is 46.3 Å². The van der Waals surface area contributed by atoms with Crippen LogP contribution in [0, 0.1) is 5.92 Å². The number of likely N-dealkylation sites (N-methyl/N-ethyl adjacent to an activating group) is 1. The van der Waals surface area contributed by atoms with Crippen molar-refractivity contribution in [3.63, 3.8) is 0 Å². The Hall–Kier alpha value is -1.58. The Balaban J connectivity index is 0.00000242. The fraction of sp³-hybridized carbons (Fsp3) is 0.389. The van der Waals surface area contributed by atoms with E-state index in [0.29, 0.717) is 6.54 Å². The average Bonchev–Trinajstić information content (AvgIpc) is 2.50. The van der Waals surface area contributed by atoms with Gasteiger partial charge < -0.3 is 10.6 Å². The van der Waals surface area contributed by atoms with Gasteiger partial charge in [-0.2, -0.15) is 0 Å². The first-order valence-electron chi connectivity index (χ1n) is 7.48. The molecule has 3 nitrogen and oxygen atoms in total. The third-order valence-electron chi connectivity index (χ3n) is 4.15. The molecule has 0 aliphatic rings. The Bertz CT molecular complexity index is 622. The number of rotatable bonds is 5. The number of nitrogens with two attached hydrogens (primary N) is 1. The minimum Gasteiger partial charge on any atom is -0.345 e. The maximum absolute atomic E-state index is 12.2. The molecule has 2 aromatic rings. The smallest absolute Gasteiger partial charge is 0.226 e. The summed E-state index contributed by atoms with van der Waals surface area (Å²) in [6, 6.07) is 14.6. The second-order valence-corrected chi connectivity index (χ2v) is 5.80. The number of benzene rings is 2. The second-order valence-electron chi connectivity index (χ2n) is 5.80. The normalized spacial score (nSPS) is 13.3. The van der Waals surface area contributed by atoms with Gasteiger partial charge in [-0.1, -0.05) is 49.4 Å². The largest absolute Gasteiger partial charge is 0.345 e. The van der Waals surface area contributed by atoms with Crippen LogP contribution in [0.1, 0.15) is 19.4 Å². The summed E-state index contributed by atoms with van der Waals surface area (Å²) in [6.45, 7) is 4.48. The zero-order valence-corrected chi connectivity index (χ0v) is 14.3. The molecule has 0 fully saturated rings. The molecule has 0 aliphatic heterocycles. The highest BCUT2D eigenvalue weighted by atomic mass is 35.5. The van der Waals surface area contributed by atoms with Gasteiger partial charge in [-0.25, -0.2) is 0 Å². The number of fused-ring (bicyclic) bond motifs is 1. The van der Waals surface area contributed by atoms with E-state index in [0.717, 1.165) is 6.42 Å². The lowest BCUT2D eigenvalue weighted by Gasteiger charge is -2.23. The van der Waals surface area contributed by atoms with Crippen molar-refractivity contribution < 1.29 is 4.79 Å². The molecule has 0 aromatic heterocycles. The van der Waals surface area contributed by atoms with Crippen molar-refractivity contribution >= 4 is 29.1 Å². The maximum atomic E-state index is 12.2.